The molecule has 0 atom stereocenters. The largest absolute Gasteiger partial charge is 0.315 e. The summed E-state index contributed by atoms with van der Waals surface area (Å²) >= 11 is 0. The van der Waals surface area contributed by atoms with Gasteiger partial charge in [-0.05, 0) is 25.8 Å². The molecule has 9 heteroatoms. The van der Waals surface area contributed by atoms with Crippen LogP contribution in [0.1, 0.15) is 19.3 Å². The van der Waals surface area contributed by atoms with Crippen molar-refractivity contribution >= 4 is 20.2 Å². The van der Waals surface area contributed by atoms with Crippen LogP contribution in [0, 0.1) is 0 Å². The first-order valence-corrected chi connectivity index (χ1v) is 8.60. The molecule has 18 heavy (non-hydrogen) atoms. The monoisotopic (exact) mass is 301 g/mol. The molecule has 0 saturated carbocycles. The van der Waals surface area contributed by atoms with Crippen LogP contribution in [0.2, 0.25) is 0 Å². The molecule has 0 bridgehead atoms. The van der Waals surface area contributed by atoms with Crippen LogP contribution in [0.5, 0.6) is 0 Å². The summed E-state index contributed by atoms with van der Waals surface area (Å²) in [5.74, 6) is -0.634. The molecule has 0 heterocycles. The van der Waals surface area contributed by atoms with Gasteiger partial charge in [0.2, 0.25) is 0 Å². The topological polar surface area (TPSA) is 121 Å². The maximum atomic E-state index is 10.4. The fourth-order valence-corrected chi connectivity index (χ4v) is 2.13. The average Bonchev–Trinajstić information content (AvgIpc) is 2.13. The molecular formula is C9H19NO6S2. The minimum atomic E-state index is -3.93. The van der Waals surface area contributed by atoms with Crippen LogP contribution in [0.4, 0.5) is 0 Å². The average molecular weight is 301 g/mol. The minimum Gasteiger partial charge on any atom is -0.315 e. The van der Waals surface area contributed by atoms with Crippen molar-refractivity contribution in [2.75, 3.05) is 24.6 Å². The van der Waals surface area contributed by atoms with Gasteiger partial charge < -0.3 is 5.32 Å². The van der Waals surface area contributed by atoms with E-state index in [1.54, 1.807) is 0 Å². The van der Waals surface area contributed by atoms with E-state index in [0.717, 1.165) is 5.57 Å². The Kier molecular flexibility index (Phi) is 7.64. The van der Waals surface area contributed by atoms with Gasteiger partial charge in [-0.2, -0.15) is 16.8 Å². The Balaban J connectivity index is 3.55. The van der Waals surface area contributed by atoms with Crippen LogP contribution < -0.4 is 5.32 Å². The standard InChI is InChI=1S/C9H19NO6S2/c1-9(3-2-7-17(11,12)13)4-5-10-6-8-18(14,15)16/h10H,1-8H2,(H,11,12,13)(H,14,15,16). The van der Waals surface area contributed by atoms with Gasteiger partial charge in [0, 0.05) is 6.54 Å². The molecule has 0 saturated heterocycles. The molecule has 0 radical (unpaired) electrons. The first-order valence-electron chi connectivity index (χ1n) is 5.38. The van der Waals surface area contributed by atoms with E-state index in [0.29, 0.717) is 25.8 Å². The summed E-state index contributed by atoms with van der Waals surface area (Å²) in [6.07, 6.45) is 1.37. The summed E-state index contributed by atoms with van der Waals surface area (Å²) in [6, 6.07) is 0. The third-order valence-corrected chi connectivity index (χ3v) is 3.65. The normalized spacial score (nSPS) is 12.6. The predicted molar refractivity (Wildman–Crippen MR) is 68.7 cm³/mol. The zero-order valence-electron chi connectivity index (χ0n) is 10.0. The van der Waals surface area contributed by atoms with Crippen LogP contribution in [-0.4, -0.2) is 50.5 Å². The molecule has 0 rings (SSSR count). The van der Waals surface area contributed by atoms with Gasteiger partial charge in [-0.3, -0.25) is 9.11 Å². The van der Waals surface area contributed by atoms with Crippen LogP contribution >= 0.6 is 0 Å². The zero-order valence-corrected chi connectivity index (χ0v) is 11.6. The predicted octanol–water partition coefficient (Wildman–Crippen LogP) is 0.0781. The maximum absolute atomic E-state index is 10.4. The van der Waals surface area contributed by atoms with Gasteiger partial charge in [-0.15, -0.1) is 0 Å². The van der Waals surface area contributed by atoms with Gasteiger partial charge in [0.05, 0.1) is 11.5 Å². The van der Waals surface area contributed by atoms with Gasteiger partial charge in [0.25, 0.3) is 20.2 Å². The third kappa shape index (κ3) is 13.6. The Bertz CT molecular complexity index is 453. The van der Waals surface area contributed by atoms with E-state index in [1.807, 2.05) is 0 Å². The molecule has 0 aromatic heterocycles. The summed E-state index contributed by atoms with van der Waals surface area (Å²) in [7, 11) is -7.85. The Morgan fingerprint density at radius 3 is 2.00 bits per heavy atom. The molecule has 0 aromatic rings. The Morgan fingerprint density at radius 2 is 1.50 bits per heavy atom. The first-order chi connectivity index (χ1) is 8.10. The second-order valence-electron chi connectivity index (χ2n) is 3.93. The second kappa shape index (κ2) is 7.85. The van der Waals surface area contributed by atoms with Crippen molar-refractivity contribution in [1.82, 2.24) is 5.32 Å². The molecule has 108 valence electrons. The lowest BCUT2D eigenvalue weighted by Gasteiger charge is -2.06. The minimum absolute atomic E-state index is 0.150. The molecule has 7 nitrogen and oxygen atoms in total. The highest BCUT2D eigenvalue weighted by Gasteiger charge is 2.05. The fraction of sp³-hybridized carbons (Fsp3) is 0.778. The molecular weight excluding hydrogens is 282 g/mol. The van der Waals surface area contributed by atoms with Crippen LogP contribution in [0.25, 0.3) is 0 Å². The molecule has 0 aliphatic carbocycles. The summed E-state index contributed by atoms with van der Waals surface area (Å²) in [5.41, 5.74) is 0.818. The summed E-state index contributed by atoms with van der Waals surface area (Å²) < 4.78 is 58.6. The van der Waals surface area contributed by atoms with Gasteiger partial charge in [-0.25, -0.2) is 0 Å². The molecule has 3 N–H and O–H groups in total. The molecule has 0 spiro atoms. The number of hydrogen-bond acceptors (Lipinski definition) is 5. The molecule has 0 amide bonds. The van der Waals surface area contributed by atoms with Crippen LogP contribution in [0.15, 0.2) is 12.2 Å². The highest BCUT2D eigenvalue weighted by Crippen LogP contribution is 2.07. The van der Waals surface area contributed by atoms with E-state index < -0.39 is 20.2 Å². The van der Waals surface area contributed by atoms with Crippen molar-refractivity contribution in [3.05, 3.63) is 12.2 Å². The Morgan fingerprint density at radius 1 is 0.944 bits per heavy atom. The van der Waals surface area contributed by atoms with E-state index in [-0.39, 0.29) is 18.1 Å². The van der Waals surface area contributed by atoms with E-state index in [4.69, 9.17) is 9.11 Å². The Labute approximate surface area is 108 Å². The SMILES string of the molecule is C=C(CCCS(=O)(=O)O)CCNCCS(=O)(=O)O. The van der Waals surface area contributed by atoms with Gasteiger partial charge >= 0.3 is 0 Å². The fourth-order valence-electron chi connectivity index (χ4n) is 1.22. The van der Waals surface area contributed by atoms with Crippen molar-refractivity contribution in [1.29, 1.82) is 0 Å². The lowest BCUT2D eigenvalue weighted by molar-refractivity contribution is 0.479. The van der Waals surface area contributed by atoms with Gasteiger partial charge in [0.15, 0.2) is 0 Å². The highest BCUT2D eigenvalue weighted by atomic mass is 32.2. The molecule has 0 aromatic carbocycles. The summed E-state index contributed by atoms with van der Waals surface area (Å²) in [6.45, 7) is 4.39. The van der Waals surface area contributed by atoms with Crippen LogP contribution in [-0.2, 0) is 20.2 Å². The van der Waals surface area contributed by atoms with Gasteiger partial charge in [0.1, 0.15) is 0 Å². The zero-order chi connectivity index (χ0) is 14.2. The van der Waals surface area contributed by atoms with E-state index in [9.17, 15) is 16.8 Å². The van der Waals surface area contributed by atoms with Crippen molar-refractivity contribution in [2.24, 2.45) is 0 Å². The molecule has 0 fully saturated rings. The molecule has 0 aliphatic heterocycles. The quantitative estimate of drug-likeness (QED) is 0.297. The van der Waals surface area contributed by atoms with E-state index in [1.165, 1.54) is 0 Å². The van der Waals surface area contributed by atoms with Crippen molar-refractivity contribution in [2.45, 2.75) is 19.3 Å². The van der Waals surface area contributed by atoms with Crippen LogP contribution in [0.3, 0.4) is 0 Å². The summed E-state index contributed by atoms with van der Waals surface area (Å²) in [5, 5.41) is 2.81. The molecule has 0 aliphatic rings. The Hall–Kier alpha value is -0.480. The molecule has 0 unspecified atom stereocenters. The first kappa shape index (κ1) is 17.5. The number of rotatable bonds is 10. The lowest BCUT2D eigenvalue weighted by atomic mass is 10.1. The van der Waals surface area contributed by atoms with E-state index >= 15 is 0 Å². The second-order valence-corrected chi connectivity index (χ2v) is 7.07. The van der Waals surface area contributed by atoms with Crippen molar-refractivity contribution in [3.8, 4) is 0 Å². The number of hydrogen-bond donors (Lipinski definition) is 3. The van der Waals surface area contributed by atoms with Crippen molar-refractivity contribution < 1.29 is 25.9 Å². The maximum Gasteiger partial charge on any atom is 0.266 e. The van der Waals surface area contributed by atoms with Gasteiger partial charge in [-0.1, -0.05) is 12.2 Å². The highest BCUT2D eigenvalue weighted by molar-refractivity contribution is 7.86. The van der Waals surface area contributed by atoms with Crippen molar-refractivity contribution in [3.63, 3.8) is 0 Å². The lowest BCUT2D eigenvalue weighted by Crippen LogP contribution is -2.23. The smallest absolute Gasteiger partial charge is 0.266 e. The number of nitrogens with one attached hydrogen (secondary N) is 1. The van der Waals surface area contributed by atoms with E-state index in [2.05, 4.69) is 11.9 Å². The summed E-state index contributed by atoms with van der Waals surface area (Å²) in [4.78, 5) is 0. The third-order valence-electron chi connectivity index (χ3n) is 2.12.